The molecule has 1 amide bonds. The normalized spacial score (nSPS) is 16.8. The van der Waals surface area contributed by atoms with Crippen molar-refractivity contribution in [2.75, 3.05) is 19.6 Å². The van der Waals surface area contributed by atoms with Gasteiger partial charge in [-0.15, -0.1) is 6.42 Å². The highest BCUT2D eigenvalue weighted by molar-refractivity contribution is 5.78. The largest absolute Gasteiger partial charge is 0.355 e. The summed E-state index contributed by atoms with van der Waals surface area (Å²) in [6.07, 6.45) is 8.53. The van der Waals surface area contributed by atoms with Gasteiger partial charge in [-0.05, 0) is 30.4 Å². The van der Waals surface area contributed by atoms with Crippen LogP contribution in [0, 0.1) is 12.3 Å². The Morgan fingerprint density at radius 1 is 1.50 bits per heavy atom. The van der Waals surface area contributed by atoms with Crippen LogP contribution in [0.15, 0.2) is 24.3 Å². The summed E-state index contributed by atoms with van der Waals surface area (Å²) < 4.78 is 0. The Balaban J connectivity index is 2.06. The van der Waals surface area contributed by atoms with Gasteiger partial charge in [0.05, 0.1) is 13.1 Å². The number of terminal acetylenes is 1. The third kappa shape index (κ3) is 3.40. The first-order valence-electron chi connectivity index (χ1n) is 7.28. The Morgan fingerprint density at radius 2 is 2.30 bits per heavy atom. The van der Waals surface area contributed by atoms with Crippen LogP contribution in [-0.4, -0.2) is 30.4 Å². The molecule has 2 rings (SSSR count). The van der Waals surface area contributed by atoms with E-state index in [-0.39, 0.29) is 11.9 Å². The summed E-state index contributed by atoms with van der Waals surface area (Å²) in [6.45, 7) is 3.67. The predicted molar refractivity (Wildman–Crippen MR) is 81.2 cm³/mol. The number of nitrogens with zero attached hydrogens (tertiary/aromatic N) is 1. The molecule has 1 aliphatic rings. The zero-order chi connectivity index (χ0) is 14.4. The summed E-state index contributed by atoms with van der Waals surface area (Å²) in [6, 6.07) is 8.72. The lowest BCUT2D eigenvalue weighted by atomic mass is 10.1. The van der Waals surface area contributed by atoms with Gasteiger partial charge >= 0.3 is 0 Å². The van der Waals surface area contributed by atoms with Crippen molar-refractivity contribution in [2.45, 2.75) is 32.2 Å². The van der Waals surface area contributed by atoms with Gasteiger partial charge in [-0.3, -0.25) is 9.69 Å². The van der Waals surface area contributed by atoms with Gasteiger partial charge in [0.2, 0.25) is 5.91 Å². The number of carbonyl (C=O) groups is 1. The highest BCUT2D eigenvalue weighted by Crippen LogP contribution is 2.35. The van der Waals surface area contributed by atoms with Crippen LogP contribution in [0.2, 0.25) is 0 Å². The smallest absolute Gasteiger partial charge is 0.234 e. The number of benzene rings is 1. The van der Waals surface area contributed by atoms with Crippen molar-refractivity contribution < 1.29 is 4.79 Å². The van der Waals surface area contributed by atoms with E-state index in [9.17, 15) is 4.79 Å². The SMILES string of the molecule is C#CCN(CC(=O)NCCC)C1CCc2ccccc21. The second kappa shape index (κ2) is 7.12. The van der Waals surface area contributed by atoms with Crippen molar-refractivity contribution in [2.24, 2.45) is 0 Å². The predicted octanol–water partition coefficient (Wildman–Crippen LogP) is 2.14. The Bertz CT molecular complexity index is 504. The van der Waals surface area contributed by atoms with Crippen LogP contribution >= 0.6 is 0 Å². The molecule has 0 aromatic heterocycles. The molecule has 0 spiro atoms. The van der Waals surface area contributed by atoms with Gasteiger partial charge in [0, 0.05) is 12.6 Å². The second-order valence-corrected chi connectivity index (χ2v) is 5.21. The number of rotatable bonds is 6. The van der Waals surface area contributed by atoms with Gasteiger partial charge in [0.25, 0.3) is 0 Å². The first-order chi connectivity index (χ1) is 9.76. The maximum atomic E-state index is 11.9. The van der Waals surface area contributed by atoms with E-state index in [0.29, 0.717) is 13.1 Å². The summed E-state index contributed by atoms with van der Waals surface area (Å²) in [5.74, 6) is 2.74. The summed E-state index contributed by atoms with van der Waals surface area (Å²) in [7, 11) is 0. The molecule has 1 aromatic rings. The molecule has 1 N–H and O–H groups in total. The number of fused-ring (bicyclic) bond motifs is 1. The lowest BCUT2D eigenvalue weighted by molar-refractivity contribution is -0.122. The number of aryl methyl sites for hydroxylation is 1. The molecule has 20 heavy (non-hydrogen) atoms. The molecule has 106 valence electrons. The zero-order valence-electron chi connectivity index (χ0n) is 12.1. The molecular weight excluding hydrogens is 248 g/mol. The summed E-state index contributed by atoms with van der Waals surface area (Å²) in [5, 5.41) is 2.92. The van der Waals surface area contributed by atoms with Crippen LogP contribution in [0.25, 0.3) is 0 Å². The Kier molecular flexibility index (Phi) is 5.20. The molecule has 3 nitrogen and oxygen atoms in total. The number of carbonyl (C=O) groups excluding carboxylic acids is 1. The molecule has 0 heterocycles. The van der Waals surface area contributed by atoms with Crippen LogP contribution in [-0.2, 0) is 11.2 Å². The molecule has 1 aromatic carbocycles. The Hall–Kier alpha value is -1.79. The minimum absolute atomic E-state index is 0.0616. The standard InChI is InChI=1S/C17H22N2O/c1-3-11-18-17(20)13-19(12-4-2)16-10-9-14-7-5-6-8-15(14)16/h2,5-8,16H,3,9-13H2,1H3,(H,18,20). The van der Waals surface area contributed by atoms with Crippen LogP contribution in [0.4, 0.5) is 0 Å². The first kappa shape index (κ1) is 14.6. The molecule has 0 fully saturated rings. The van der Waals surface area contributed by atoms with Crippen LogP contribution < -0.4 is 5.32 Å². The highest BCUT2D eigenvalue weighted by atomic mass is 16.2. The van der Waals surface area contributed by atoms with E-state index < -0.39 is 0 Å². The van der Waals surface area contributed by atoms with Crippen molar-refractivity contribution in [3.8, 4) is 12.3 Å². The van der Waals surface area contributed by atoms with Crippen molar-refractivity contribution in [1.29, 1.82) is 0 Å². The number of hydrogen-bond acceptors (Lipinski definition) is 2. The van der Waals surface area contributed by atoms with Crippen LogP contribution in [0.3, 0.4) is 0 Å². The van der Waals surface area contributed by atoms with Gasteiger partial charge in [0.15, 0.2) is 0 Å². The number of hydrogen-bond donors (Lipinski definition) is 1. The third-order valence-electron chi connectivity index (χ3n) is 3.76. The molecule has 1 aliphatic carbocycles. The van der Waals surface area contributed by atoms with Gasteiger partial charge < -0.3 is 5.32 Å². The molecule has 3 heteroatoms. The average Bonchev–Trinajstić information content (AvgIpc) is 2.88. The molecule has 0 saturated heterocycles. The first-order valence-corrected chi connectivity index (χ1v) is 7.28. The molecule has 1 unspecified atom stereocenters. The highest BCUT2D eigenvalue weighted by Gasteiger charge is 2.28. The fourth-order valence-corrected chi connectivity index (χ4v) is 2.81. The van der Waals surface area contributed by atoms with E-state index in [4.69, 9.17) is 6.42 Å². The van der Waals surface area contributed by atoms with Crippen molar-refractivity contribution >= 4 is 5.91 Å². The maximum Gasteiger partial charge on any atom is 0.234 e. The van der Waals surface area contributed by atoms with E-state index >= 15 is 0 Å². The van der Waals surface area contributed by atoms with E-state index in [1.54, 1.807) is 0 Å². The molecule has 0 bridgehead atoms. The summed E-state index contributed by atoms with van der Waals surface area (Å²) >= 11 is 0. The van der Waals surface area contributed by atoms with Crippen molar-refractivity contribution in [3.05, 3.63) is 35.4 Å². The lowest BCUT2D eigenvalue weighted by Crippen LogP contribution is -2.39. The fourth-order valence-electron chi connectivity index (χ4n) is 2.81. The Morgan fingerprint density at radius 3 is 3.05 bits per heavy atom. The number of nitrogens with one attached hydrogen (secondary N) is 1. The summed E-state index contributed by atoms with van der Waals surface area (Å²) in [4.78, 5) is 14.0. The molecular formula is C17H22N2O. The molecule has 1 atom stereocenters. The minimum Gasteiger partial charge on any atom is -0.355 e. The van der Waals surface area contributed by atoms with E-state index in [1.165, 1.54) is 11.1 Å². The van der Waals surface area contributed by atoms with Crippen molar-refractivity contribution in [1.82, 2.24) is 10.2 Å². The minimum atomic E-state index is 0.0616. The van der Waals surface area contributed by atoms with Crippen LogP contribution in [0.1, 0.15) is 36.9 Å². The van der Waals surface area contributed by atoms with Gasteiger partial charge in [-0.2, -0.15) is 0 Å². The van der Waals surface area contributed by atoms with Crippen LogP contribution in [0.5, 0.6) is 0 Å². The zero-order valence-corrected chi connectivity index (χ0v) is 12.1. The van der Waals surface area contributed by atoms with Gasteiger partial charge in [-0.1, -0.05) is 37.1 Å². The van der Waals surface area contributed by atoms with Crippen molar-refractivity contribution in [3.63, 3.8) is 0 Å². The second-order valence-electron chi connectivity index (χ2n) is 5.21. The topological polar surface area (TPSA) is 32.3 Å². The quantitative estimate of drug-likeness (QED) is 0.803. The number of amides is 1. The maximum absolute atomic E-state index is 11.9. The van der Waals surface area contributed by atoms with E-state index in [1.807, 2.05) is 6.92 Å². The molecule has 0 radical (unpaired) electrons. The van der Waals surface area contributed by atoms with Gasteiger partial charge in [0.1, 0.15) is 0 Å². The van der Waals surface area contributed by atoms with E-state index in [0.717, 1.165) is 25.8 Å². The fraction of sp³-hybridized carbons (Fsp3) is 0.471. The Labute approximate surface area is 121 Å². The lowest BCUT2D eigenvalue weighted by Gasteiger charge is -2.27. The average molecular weight is 270 g/mol. The summed E-state index contributed by atoms with van der Waals surface area (Å²) in [5.41, 5.74) is 2.71. The molecule has 0 aliphatic heterocycles. The third-order valence-corrected chi connectivity index (χ3v) is 3.76. The monoisotopic (exact) mass is 270 g/mol. The van der Waals surface area contributed by atoms with E-state index in [2.05, 4.69) is 40.4 Å². The molecule has 0 saturated carbocycles. The van der Waals surface area contributed by atoms with Gasteiger partial charge in [-0.25, -0.2) is 0 Å².